The van der Waals surface area contributed by atoms with Gasteiger partial charge in [-0.3, -0.25) is 14.9 Å². The van der Waals surface area contributed by atoms with Gasteiger partial charge in [0.25, 0.3) is 11.8 Å². The van der Waals surface area contributed by atoms with Crippen LogP contribution >= 0.6 is 12.2 Å². The molecule has 154 valence electrons. The summed E-state index contributed by atoms with van der Waals surface area (Å²) in [6.07, 6.45) is 0.839. The molecule has 0 spiro atoms. The zero-order valence-electron chi connectivity index (χ0n) is 16.5. The van der Waals surface area contributed by atoms with Crippen molar-refractivity contribution in [1.29, 1.82) is 0 Å². The Balaban J connectivity index is 1.95. The van der Waals surface area contributed by atoms with Crippen LogP contribution in [0.15, 0.2) is 48.5 Å². The monoisotopic (exact) mass is 415 g/mol. The molecule has 0 heterocycles. The molecule has 0 aromatic heterocycles. The molecule has 0 radical (unpaired) electrons. The minimum absolute atomic E-state index is 0.103. The van der Waals surface area contributed by atoms with Crippen LogP contribution in [0.1, 0.15) is 34.1 Å². The minimum Gasteiger partial charge on any atom is -0.491 e. The summed E-state index contributed by atoms with van der Waals surface area (Å²) in [6, 6.07) is 13.7. The molecule has 0 aliphatic rings. The van der Waals surface area contributed by atoms with E-state index in [9.17, 15) is 9.59 Å². The quantitative estimate of drug-likeness (QED) is 0.431. The lowest BCUT2D eigenvalue weighted by atomic mass is 10.1. The molecule has 3 N–H and O–H groups in total. The van der Waals surface area contributed by atoms with Crippen LogP contribution in [0.3, 0.4) is 0 Å². The Morgan fingerprint density at radius 3 is 2.41 bits per heavy atom. The van der Waals surface area contributed by atoms with Crippen LogP contribution < -0.4 is 20.7 Å². The van der Waals surface area contributed by atoms with Gasteiger partial charge in [-0.15, -0.1) is 0 Å². The van der Waals surface area contributed by atoms with E-state index in [0.717, 1.165) is 6.42 Å². The van der Waals surface area contributed by atoms with Crippen LogP contribution in [0.5, 0.6) is 5.75 Å². The second-order valence-corrected chi connectivity index (χ2v) is 6.48. The lowest BCUT2D eigenvalue weighted by Gasteiger charge is -2.13. The summed E-state index contributed by atoms with van der Waals surface area (Å²) in [5.74, 6) is 0.0818. The highest BCUT2D eigenvalue weighted by Gasteiger charge is 2.13. The molecule has 0 unspecified atom stereocenters. The third-order valence-electron chi connectivity index (χ3n) is 3.86. The Kier molecular flexibility index (Phi) is 9.07. The van der Waals surface area contributed by atoms with Crippen molar-refractivity contribution in [3.8, 4) is 5.75 Å². The van der Waals surface area contributed by atoms with Crippen molar-refractivity contribution in [2.24, 2.45) is 0 Å². The van der Waals surface area contributed by atoms with E-state index in [-0.39, 0.29) is 16.9 Å². The van der Waals surface area contributed by atoms with Crippen molar-refractivity contribution in [1.82, 2.24) is 10.6 Å². The number of methoxy groups -OCH3 is 1. The van der Waals surface area contributed by atoms with Crippen LogP contribution in [-0.2, 0) is 4.74 Å². The van der Waals surface area contributed by atoms with Crippen LogP contribution in [-0.4, -0.2) is 43.8 Å². The zero-order valence-corrected chi connectivity index (χ0v) is 17.3. The van der Waals surface area contributed by atoms with Gasteiger partial charge in [0, 0.05) is 19.2 Å². The fourth-order valence-corrected chi connectivity index (χ4v) is 2.60. The number of hydrogen-bond donors (Lipinski definition) is 3. The maximum absolute atomic E-state index is 12.4. The summed E-state index contributed by atoms with van der Waals surface area (Å²) in [6.45, 7) is 3.48. The SMILES string of the molecule is CCCNC(=O)c1ccccc1NC(=S)NC(=O)c1ccc(OCCOC)cc1. The molecule has 0 saturated heterocycles. The molecule has 2 amide bonds. The van der Waals surface area contributed by atoms with E-state index in [0.29, 0.717) is 42.3 Å². The lowest BCUT2D eigenvalue weighted by Crippen LogP contribution is -2.35. The van der Waals surface area contributed by atoms with Gasteiger partial charge in [0.2, 0.25) is 0 Å². The van der Waals surface area contributed by atoms with Crippen LogP contribution in [0.25, 0.3) is 0 Å². The zero-order chi connectivity index (χ0) is 21.1. The van der Waals surface area contributed by atoms with Crippen molar-refractivity contribution in [3.05, 3.63) is 59.7 Å². The first-order valence-electron chi connectivity index (χ1n) is 9.26. The first-order valence-corrected chi connectivity index (χ1v) is 9.67. The minimum atomic E-state index is -0.362. The summed E-state index contributed by atoms with van der Waals surface area (Å²) >= 11 is 5.23. The summed E-state index contributed by atoms with van der Waals surface area (Å²) in [7, 11) is 1.60. The Morgan fingerprint density at radius 1 is 1.00 bits per heavy atom. The van der Waals surface area contributed by atoms with Crippen LogP contribution in [0.2, 0.25) is 0 Å². The predicted octanol–water partition coefficient (Wildman–Crippen LogP) is 2.98. The second kappa shape index (κ2) is 11.8. The molecular formula is C21H25N3O4S. The predicted molar refractivity (Wildman–Crippen MR) is 117 cm³/mol. The highest BCUT2D eigenvalue weighted by atomic mass is 32.1. The average molecular weight is 416 g/mol. The number of para-hydroxylation sites is 1. The van der Waals surface area contributed by atoms with E-state index >= 15 is 0 Å². The van der Waals surface area contributed by atoms with Gasteiger partial charge in [0.05, 0.1) is 17.9 Å². The Morgan fingerprint density at radius 2 is 1.72 bits per heavy atom. The van der Waals surface area contributed by atoms with Gasteiger partial charge in [0.15, 0.2) is 5.11 Å². The number of hydrogen-bond acceptors (Lipinski definition) is 5. The molecule has 29 heavy (non-hydrogen) atoms. The highest BCUT2D eigenvalue weighted by molar-refractivity contribution is 7.80. The first kappa shape index (κ1) is 22.3. The van der Waals surface area contributed by atoms with Gasteiger partial charge in [-0.25, -0.2) is 0 Å². The highest BCUT2D eigenvalue weighted by Crippen LogP contribution is 2.15. The Hall–Kier alpha value is -2.97. The van der Waals surface area contributed by atoms with Crippen molar-refractivity contribution in [2.75, 3.05) is 32.2 Å². The standard InChI is InChI=1S/C21H25N3O4S/c1-3-12-22-20(26)17-6-4-5-7-18(17)23-21(29)24-19(25)15-8-10-16(11-9-15)28-14-13-27-2/h4-11H,3,12-14H2,1-2H3,(H,22,26)(H2,23,24,25,29). The van der Waals surface area contributed by atoms with Crippen molar-refractivity contribution in [3.63, 3.8) is 0 Å². The van der Waals surface area contributed by atoms with Gasteiger partial charge in [-0.2, -0.15) is 0 Å². The van der Waals surface area contributed by atoms with E-state index < -0.39 is 0 Å². The van der Waals surface area contributed by atoms with Gasteiger partial charge < -0.3 is 20.1 Å². The maximum atomic E-state index is 12.4. The van der Waals surface area contributed by atoms with Crippen LogP contribution in [0, 0.1) is 0 Å². The van der Waals surface area contributed by atoms with Gasteiger partial charge in [0.1, 0.15) is 12.4 Å². The molecule has 8 heteroatoms. The first-order chi connectivity index (χ1) is 14.0. The fourth-order valence-electron chi connectivity index (χ4n) is 2.40. The number of nitrogens with one attached hydrogen (secondary N) is 3. The average Bonchev–Trinajstić information content (AvgIpc) is 2.73. The number of carbonyl (C=O) groups excluding carboxylic acids is 2. The third kappa shape index (κ3) is 7.17. The molecule has 7 nitrogen and oxygen atoms in total. The molecule has 0 fully saturated rings. The normalized spacial score (nSPS) is 10.1. The largest absolute Gasteiger partial charge is 0.491 e. The summed E-state index contributed by atoms with van der Waals surface area (Å²) in [4.78, 5) is 24.7. The van der Waals surface area contributed by atoms with Gasteiger partial charge in [-0.1, -0.05) is 19.1 Å². The van der Waals surface area contributed by atoms with E-state index in [1.807, 2.05) is 6.92 Å². The third-order valence-corrected chi connectivity index (χ3v) is 4.06. The summed E-state index contributed by atoms with van der Waals surface area (Å²) in [5.41, 5.74) is 1.41. The fraction of sp³-hybridized carbons (Fsp3) is 0.286. The number of ether oxygens (including phenoxy) is 2. The molecule has 2 rings (SSSR count). The summed E-state index contributed by atoms with van der Waals surface area (Å²) < 4.78 is 10.4. The molecular weight excluding hydrogens is 390 g/mol. The van der Waals surface area contributed by atoms with E-state index in [4.69, 9.17) is 21.7 Å². The van der Waals surface area contributed by atoms with Crippen LogP contribution in [0.4, 0.5) is 5.69 Å². The number of amides is 2. The van der Waals surface area contributed by atoms with E-state index in [1.54, 1.807) is 55.6 Å². The molecule has 0 bridgehead atoms. The molecule has 0 aliphatic heterocycles. The van der Waals surface area contributed by atoms with Gasteiger partial charge >= 0.3 is 0 Å². The number of carbonyl (C=O) groups is 2. The topological polar surface area (TPSA) is 88.7 Å². The molecule has 0 atom stereocenters. The van der Waals surface area contributed by atoms with E-state index in [1.165, 1.54) is 0 Å². The molecule has 2 aromatic carbocycles. The van der Waals surface area contributed by atoms with E-state index in [2.05, 4.69) is 16.0 Å². The van der Waals surface area contributed by atoms with Crippen molar-refractivity contribution < 1.29 is 19.1 Å². The summed E-state index contributed by atoms with van der Waals surface area (Å²) in [5, 5.41) is 8.46. The molecule has 0 saturated carbocycles. The number of benzene rings is 2. The Bertz CT molecular complexity index is 840. The number of anilines is 1. The van der Waals surface area contributed by atoms with Crippen molar-refractivity contribution in [2.45, 2.75) is 13.3 Å². The number of rotatable bonds is 9. The molecule has 0 aliphatic carbocycles. The second-order valence-electron chi connectivity index (χ2n) is 6.08. The molecule has 2 aromatic rings. The van der Waals surface area contributed by atoms with Gasteiger partial charge in [-0.05, 0) is 55.0 Å². The Labute approximate surface area is 175 Å². The number of thiocarbonyl (C=S) groups is 1. The maximum Gasteiger partial charge on any atom is 0.257 e. The van der Waals surface area contributed by atoms with Crippen molar-refractivity contribution >= 4 is 34.8 Å². The smallest absolute Gasteiger partial charge is 0.257 e. The lowest BCUT2D eigenvalue weighted by molar-refractivity contribution is 0.0952.